The quantitative estimate of drug-likeness (QED) is 0.467. The van der Waals surface area contributed by atoms with Crippen LogP contribution in [-0.4, -0.2) is 87.9 Å². The second-order valence-electron chi connectivity index (χ2n) is 8.33. The summed E-state index contributed by atoms with van der Waals surface area (Å²) in [5.41, 5.74) is 5.93. The number of amides is 3. The van der Waals surface area contributed by atoms with E-state index in [0.29, 0.717) is 50.9 Å². The first-order chi connectivity index (χ1) is 14.2. The Kier molecular flexibility index (Phi) is 8.96. The van der Waals surface area contributed by atoms with E-state index >= 15 is 0 Å². The van der Waals surface area contributed by atoms with Crippen LogP contribution in [-0.2, 0) is 19.2 Å². The third kappa shape index (κ3) is 5.66. The van der Waals surface area contributed by atoms with Crippen molar-refractivity contribution in [2.24, 2.45) is 11.7 Å². The predicted molar refractivity (Wildman–Crippen MR) is 115 cm³/mol. The maximum absolute atomic E-state index is 13.3. The Morgan fingerprint density at radius 1 is 1.10 bits per heavy atom. The summed E-state index contributed by atoms with van der Waals surface area (Å²) in [5, 5.41) is 12.2. The first kappa shape index (κ1) is 24.5. The van der Waals surface area contributed by atoms with Crippen LogP contribution in [0.2, 0.25) is 0 Å². The number of carboxylic acids is 1. The van der Waals surface area contributed by atoms with E-state index in [-0.39, 0.29) is 23.6 Å². The van der Waals surface area contributed by atoms with Crippen molar-refractivity contribution >= 4 is 35.5 Å². The molecule has 2 fully saturated rings. The number of hydrogen-bond donors (Lipinski definition) is 3. The molecular weight excluding hydrogens is 408 g/mol. The molecule has 0 aromatic carbocycles. The third-order valence-electron chi connectivity index (χ3n) is 5.89. The molecular formula is C20H34N4O5S. The Labute approximate surface area is 182 Å². The third-order valence-corrected chi connectivity index (χ3v) is 6.53. The number of carbonyl (C=O) groups excluding carboxylic acids is 3. The number of hydrogen-bond acceptors (Lipinski definition) is 6. The zero-order chi connectivity index (χ0) is 22.4. The average molecular weight is 443 g/mol. The number of aliphatic carboxylic acids is 1. The van der Waals surface area contributed by atoms with Gasteiger partial charge in [0.15, 0.2) is 0 Å². The van der Waals surface area contributed by atoms with Gasteiger partial charge in [0.05, 0.1) is 6.04 Å². The predicted octanol–water partition coefficient (Wildman–Crippen LogP) is 0.274. The summed E-state index contributed by atoms with van der Waals surface area (Å²) in [4.78, 5) is 53.2. The molecule has 170 valence electrons. The number of carbonyl (C=O) groups is 4. The van der Waals surface area contributed by atoms with Crippen molar-refractivity contribution in [3.8, 4) is 0 Å². The molecule has 0 bridgehead atoms. The van der Waals surface area contributed by atoms with E-state index in [1.807, 2.05) is 20.1 Å². The molecule has 2 rings (SSSR count). The minimum atomic E-state index is -1.01. The first-order valence-corrected chi connectivity index (χ1v) is 12.0. The van der Waals surface area contributed by atoms with Crippen molar-refractivity contribution in [1.82, 2.24) is 15.1 Å². The van der Waals surface area contributed by atoms with Crippen molar-refractivity contribution in [2.45, 2.75) is 70.1 Å². The van der Waals surface area contributed by atoms with Gasteiger partial charge in [0.25, 0.3) is 0 Å². The number of nitrogens with zero attached hydrogens (tertiary/aromatic N) is 2. The molecule has 2 heterocycles. The van der Waals surface area contributed by atoms with Crippen molar-refractivity contribution in [1.29, 1.82) is 0 Å². The molecule has 2 aliphatic rings. The highest BCUT2D eigenvalue weighted by Gasteiger charge is 2.43. The van der Waals surface area contributed by atoms with Crippen LogP contribution < -0.4 is 11.1 Å². The van der Waals surface area contributed by atoms with Gasteiger partial charge in [0.2, 0.25) is 17.7 Å². The Hall–Kier alpha value is -1.81. The van der Waals surface area contributed by atoms with Crippen LogP contribution >= 0.6 is 11.8 Å². The summed E-state index contributed by atoms with van der Waals surface area (Å²) < 4.78 is 0. The minimum absolute atomic E-state index is 0.0643. The standard InChI is InChI=1S/C20H34N4O5S/c1-12(2)16(21)17(25)22-13(8-11-30-3)18(26)23-9-4-6-14(23)19(27)24-10-5-7-15(24)20(28)29/h12-16H,4-11,21H2,1-3H3,(H,22,25)(H,28,29). The van der Waals surface area contributed by atoms with Crippen LogP contribution in [0.4, 0.5) is 0 Å². The number of thioether (sulfide) groups is 1. The summed E-state index contributed by atoms with van der Waals surface area (Å²) in [7, 11) is 0. The lowest BCUT2D eigenvalue weighted by atomic mass is 10.0. The normalized spacial score (nSPS) is 23.5. The maximum atomic E-state index is 13.3. The molecule has 9 nitrogen and oxygen atoms in total. The van der Waals surface area contributed by atoms with E-state index in [1.165, 1.54) is 9.80 Å². The van der Waals surface area contributed by atoms with Crippen LogP contribution in [0.3, 0.4) is 0 Å². The summed E-state index contributed by atoms with van der Waals surface area (Å²) in [6.07, 6.45) is 4.61. The van der Waals surface area contributed by atoms with E-state index in [1.54, 1.807) is 11.8 Å². The number of likely N-dealkylation sites (tertiary alicyclic amines) is 2. The van der Waals surface area contributed by atoms with E-state index in [2.05, 4.69) is 5.32 Å². The topological polar surface area (TPSA) is 133 Å². The molecule has 3 amide bonds. The van der Waals surface area contributed by atoms with Crippen LogP contribution in [0.1, 0.15) is 46.0 Å². The fraction of sp³-hybridized carbons (Fsp3) is 0.800. The molecule has 30 heavy (non-hydrogen) atoms. The summed E-state index contributed by atoms with van der Waals surface area (Å²) >= 11 is 1.57. The van der Waals surface area contributed by atoms with Gasteiger partial charge in [-0.1, -0.05) is 13.8 Å². The second kappa shape index (κ2) is 11.0. The van der Waals surface area contributed by atoms with E-state index in [9.17, 15) is 24.3 Å². The highest BCUT2D eigenvalue weighted by atomic mass is 32.2. The lowest BCUT2D eigenvalue weighted by Crippen LogP contribution is -2.57. The van der Waals surface area contributed by atoms with Gasteiger partial charge in [0, 0.05) is 13.1 Å². The molecule has 4 atom stereocenters. The van der Waals surface area contributed by atoms with Crippen LogP contribution in [0.5, 0.6) is 0 Å². The van der Waals surface area contributed by atoms with Crippen LogP contribution in [0, 0.1) is 5.92 Å². The zero-order valence-corrected chi connectivity index (χ0v) is 18.8. The summed E-state index contributed by atoms with van der Waals surface area (Å²) in [6, 6.07) is -2.97. The molecule has 0 aliphatic carbocycles. The minimum Gasteiger partial charge on any atom is -0.480 e. The van der Waals surface area contributed by atoms with Gasteiger partial charge in [-0.15, -0.1) is 0 Å². The van der Waals surface area contributed by atoms with Gasteiger partial charge in [0.1, 0.15) is 18.1 Å². The number of nitrogens with one attached hydrogen (secondary N) is 1. The van der Waals surface area contributed by atoms with Crippen molar-refractivity contribution in [3.05, 3.63) is 0 Å². The fourth-order valence-electron chi connectivity index (χ4n) is 4.03. The monoisotopic (exact) mass is 442 g/mol. The molecule has 0 radical (unpaired) electrons. The second-order valence-corrected chi connectivity index (χ2v) is 9.32. The first-order valence-electron chi connectivity index (χ1n) is 10.6. The maximum Gasteiger partial charge on any atom is 0.326 e. The molecule has 0 aromatic heterocycles. The van der Waals surface area contributed by atoms with E-state index in [4.69, 9.17) is 5.73 Å². The summed E-state index contributed by atoms with van der Waals surface area (Å²) in [6.45, 7) is 4.49. The van der Waals surface area contributed by atoms with E-state index < -0.39 is 30.1 Å². The zero-order valence-electron chi connectivity index (χ0n) is 18.0. The molecule has 2 saturated heterocycles. The largest absolute Gasteiger partial charge is 0.480 e. The van der Waals surface area contributed by atoms with Crippen LogP contribution in [0.15, 0.2) is 0 Å². The molecule has 2 aliphatic heterocycles. The van der Waals surface area contributed by atoms with Crippen LogP contribution in [0.25, 0.3) is 0 Å². The molecule has 0 saturated carbocycles. The SMILES string of the molecule is CSCCC(NC(=O)C(N)C(C)C)C(=O)N1CCCC1C(=O)N1CCCC1C(=O)O. The van der Waals surface area contributed by atoms with Gasteiger partial charge in [-0.3, -0.25) is 14.4 Å². The van der Waals surface area contributed by atoms with E-state index in [0.717, 1.165) is 0 Å². The highest BCUT2D eigenvalue weighted by molar-refractivity contribution is 7.98. The Morgan fingerprint density at radius 2 is 1.70 bits per heavy atom. The van der Waals surface area contributed by atoms with Gasteiger partial charge >= 0.3 is 5.97 Å². The van der Waals surface area contributed by atoms with Gasteiger partial charge in [-0.05, 0) is 50.0 Å². The van der Waals surface area contributed by atoms with Gasteiger partial charge < -0.3 is 26.0 Å². The van der Waals surface area contributed by atoms with Crippen molar-refractivity contribution in [2.75, 3.05) is 25.1 Å². The molecule has 4 unspecified atom stereocenters. The molecule has 4 N–H and O–H groups in total. The summed E-state index contributed by atoms with van der Waals surface area (Å²) in [5.74, 6) is -1.38. The average Bonchev–Trinajstić information content (AvgIpc) is 3.38. The highest BCUT2D eigenvalue weighted by Crippen LogP contribution is 2.26. The molecule has 0 aromatic rings. The Morgan fingerprint density at radius 3 is 2.27 bits per heavy atom. The Balaban J connectivity index is 2.14. The lowest BCUT2D eigenvalue weighted by molar-refractivity contribution is -0.152. The van der Waals surface area contributed by atoms with Gasteiger partial charge in [-0.25, -0.2) is 4.79 Å². The van der Waals surface area contributed by atoms with Crippen molar-refractivity contribution in [3.63, 3.8) is 0 Å². The molecule has 10 heteroatoms. The number of nitrogens with two attached hydrogens (primary N) is 1. The Bertz CT molecular complexity index is 659. The smallest absolute Gasteiger partial charge is 0.326 e. The number of carboxylic acid groups (broad SMARTS) is 1. The van der Waals surface area contributed by atoms with Crippen molar-refractivity contribution < 1.29 is 24.3 Å². The fourth-order valence-corrected chi connectivity index (χ4v) is 4.50. The van der Waals surface area contributed by atoms with Gasteiger partial charge in [-0.2, -0.15) is 11.8 Å². The number of rotatable bonds is 9. The molecule has 0 spiro atoms. The lowest BCUT2D eigenvalue weighted by Gasteiger charge is -2.32.